The molecule has 8 heavy (non-hydrogen) atoms. The lowest BCUT2D eigenvalue weighted by atomic mass is 10.8. The van der Waals surface area contributed by atoms with E-state index in [0.29, 0.717) is 5.75 Å². The lowest BCUT2D eigenvalue weighted by Crippen LogP contribution is -1.82. The van der Waals surface area contributed by atoms with Gasteiger partial charge in [0.15, 0.2) is 0 Å². The normalized spacial score (nSPS) is 8.12. The van der Waals surface area contributed by atoms with Crippen molar-refractivity contribution >= 4 is 29.1 Å². The van der Waals surface area contributed by atoms with E-state index in [-0.39, 0.29) is 0 Å². The highest BCUT2D eigenvalue weighted by atomic mass is 35.5. The minimum Gasteiger partial charge on any atom is -0.379 e. The summed E-state index contributed by atoms with van der Waals surface area (Å²) < 4.78 is 4.25. The fourth-order valence-electron chi connectivity index (χ4n) is 0.128. The van der Waals surface area contributed by atoms with Crippen molar-refractivity contribution in [2.45, 2.75) is 0 Å². The number of halogens is 1. The third-order valence-electron chi connectivity index (χ3n) is 0.310. The standard InChI is InChI=1S/C4H5ClO2S/c1-2-3-8-7-4(5)6/h2H,1,3H2. The second-order valence-corrected chi connectivity index (χ2v) is 1.94. The molecular weight excluding hydrogens is 148 g/mol. The molecule has 0 aliphatic heterocycles. The molecule has 2 nitrogen and oxygen atoms in total. The van der Waals surface area contributed by atoms with Crippen LogP contribution in [0.15, 0.2) is 12.7 Å². The van der Waals surface area contributed by atoms with Crippen LogP contribution in [0.4, 0.5) is 4.79 Å². The highest BCUT2D eigenvalue weighted by Gasteiger charge is 1.91. The smallest absolute Gasteiger partial charge is 0.379 e. The van der Waals surface area contributed by atoms with E-state index in [0.717, 1.165) is 12.0 Å². The van der Waals surface area contributed by atoms with Crippen LogP contribution in [-0.2, 0) is 4.18 Å². The maximum atomic E-state index is 9.81. The number of rotatable bonds is 3. The Kier molecular flexibility index (Phi) is 4.90. The van der Waals surface area contributed by atoms with Crippen LogP contribution in [0.3, 0.4) is 0 Å². The fraction of sp³-hybridized carbons (Fsp3) is 0.250. The maximum absolute atomic E-state index is 9.81. The molecule has 0 aliphatic carbocycles. The average molecular weight is 153 g/mol. The summed E-state index contributed by atoms with van der Waals surface area (Å²) in [5.74, 6) is 0.568. The largest absolute Gasteiger partial charge is 0.415 e. The lowest BCUT2D eigenvalue weighted by Gasteiger charge is -1.89. The summed E-state index contributed by atoms with van der Waals surface area (Å²) in [4.78, 5) is 9.81. The van der Waals surface area contributed by atoms with Gasteiger partial charge in [-0.25, -0.2) is 4.79 Å². The van der Waals surface area contributed by atoms with Crippen molar-refractivity contribution in [3.8, 4) is 0 Å². The first kappa shape index (κ1) is 7.85. The van der Waals surface area contributed by atoms with E-state index in [1.165, 1.54) is 0 Å². The van der Waals surface area contributed by atoms with Crippen LogP contribution in [0, 0.1) is 0 Å². The van der Waals surface area contributed by atoms with Gasteiger partial charge in [-0.2, -0.15) is 0 Å². The monoisotopic (exact) mass is 152 g/mol. The Hall–Kier alpha value is -0.150. The van der Waals surface area contributed by atoms with Crippen molar-refractivity contribution in [1.82, 2.24) is 0 Å². The first-order valence-electron chi connectivity index (χ1n) is 1.87. The van der Waals surface area contributed by atoms with Crippen LogP contribution in [0.25, 0.3) is 0 Å². The zero-order valence-electron chi connectivity index (χ0n) is 4.09. The third-order valence-corrected chi connectivity index (χ3v) is 1.12. The molecule has 0 saturated heterocycles. The second kappa shape index (κ2) is 5.00. The summed E-state index contributed by atoms with van der Waals surface area (Å²) in [6.07, 6.45) is 1.62. The SMILES string of the molecule is C=CCSOC(=O)Cl. The molecule has 4 heteroatoms. The van der Waals surface area contributed by atoms with Crippen molar-refractivity contribution < 1.29 is 8.98 Å². The molecule has 0 atom stereocenters. The molecule has 0 rings (SSSR count). The van der Waals surface area contributed by atoms with Gasteiger partial charge in [-0.3, -0.25) is 0 Å². The van der Waals surface area contributed by atoms with Gasteiger partial charge in [0.05, 0.1) is 12.0 Å². The maximum Gasteiger partial charge on any atom is 0.415 e. The Bertz CT molecular complexity index is 94.0. The Labute approximate surface area is 57.1 Å². The Balaban J connectivity index is 2.93. The Morgan fingerprint density at radius 1 is 2.00 bits per heavy atom. The predicted octanol–water partition coefficient (Wildman–Crippen LogP) is 2.20. The van der Waals surface area contributed by atoms with Gasteiger partial charge in [-0.05, 0) is 0 Å². The molecule has 0 spiro atoms. The molecule has 0 aromatic heterocycles. The summed E-state index contributed by atoms with van der Waals surface area (Å²) in [6.45, 7) is 3.40. The van der Waals surface area contributed by atoms with Crippen molar-refractivity contribution in [2.24, 2.45) is 0 Å². The molecule has 0 bridgehead atoms. The molecule has 0 radical (unpaired) electrons. The van der Waals surface area contributed by atoms with E-state index in [1.807, 2.05) is 0 Å². The first-order valence-corrected chi connectivity index (χ1v) is 3.16. The topological polar surface area (TPSA) is 26.3 Å². The molecule has 0 heterocycles. The zero-order valence-corrected chi connectivity index (χ0v) is 5.67. The summed E-state index contributed by atoms with van der Waals surface area (Å²) in [6, 6.07) is 0. The highest BCUT2D eigenvalue weighted by Crippen LogP contribution is 2.04. The van der Waals surface area contributed by atoms with Crippen molar-refractivity contribution in [3.63, 3.8) is 0 Å². The first-order chi connectivity index (χ1) is 3.77. The minimum absolute atomic E-state index is 0.568. The predicted molar refractivity (Wildman–Crippen MR) is 35.0 cm³/mol. The fourth-order valence-corrected chi connectivity index (χ4v) is 0.519. The Morgan fingerprint density at radius 3 is 3.00 bits per heavy atom. The van der Waals surface area contributed by atoms with Gasteiger partial charge in [0.1, 0.15) is 0 Å². The molecule has 0 amide bonds. The van der Waals surface area contributed by atoms with Gasteiger partial charge < -0.3 is 4.18 Å². The molecular formula is C4H5ClO2S. The molecule has 0 fully saturated rings. The van der Waals surface area contributed by atoms with Gasteiger partial charge in [0.2, 0.25) is 0 Å². The van der Waals surface area contributed by atoms with Crippen LogP contribution in [0.5, 0.6) is 0 Å². The molecule has 0 unspecified atom stereocenters. The van der Waals surface area contributed by atoms with Crippen LogP contribution in [0.1, 0.15) is 0 Å². The summed E-state index contributed by atoms with van der Waals surface area (Å²) in [5, 5.41) is 0. The van der Waals surface area contributed by atoms with Crippen molar-refractivity contribution in [2.75, 3.05) is 5.75 Å². The quantitative estimate of drug-likeness (QED) is 0.268. The summed E-state index contributed by atoms with van der Waals surface area (Å²) in [5.41, 5.74) is -0.795. The molecule has 0 saturated carbocycles. The van der Waals surface area contributed by atoms with Crippen molar-refractivity contribution in [1.29, 1.82) is 0 Å². The second-order valence-electron chi connectivity index (χ2n) is 0.894. The average Bonchev–Trinajstić information content (AvgIpc) is 1.66. The van der Waals surface area contributed by atoms with E-state index < -0.39 is 5.43 Å². The van der Waals surface area contributed by atoms with E-state index in [9.17, 15) is 4.79 Å². The zero-order chi connectivity index (χ0) is 6.41. The van der Waals surface area contributed by atoms with Gasteiger partial charge in [0, 0.05) is 17.4 Å². The van der Waals surface area contributed by atoms with E-state index in [2.05, 4.69) is 10.8 Å². The number of carbonyl (C=O) groups is 1. The molecule has 0 aromatic rings. The van der Waals surface area contributed by atoms with E-state index in [1.54, 1.807) is 6.08 Å². The minimum atomic E-state index is -0.795. The number of hydrogen-bond acceptors (Lipinski definition) is 3. The van der Waals surface area contributed by atoms with Gasteiger partial charge in [-0.15, -0.1) is 6.58 Å². The van der Waals surface area contributed by atoms with Crippen LogP contribution in [0.2, 0.25) is 0 Å². The molecule has 46 valence electrons. The van der Waals surface area contributed by atoms with E-state index in [4.69, 9.17) is 11.6 Å². The number of hydrogen-bond donors (Lipinski definition) is 0. The highest BCUT2D eigenvalue weighted by molar-refractivity contribution is 7.95. The van der Waals surface area contributed by atoms with Crippen LogP contribution in [-0.4, -0.2) is 11.2 Å². The molecule has 0 N–H and O–H groups in total. The molecule has 0 aromatic carbocycles. The van der Waals surface area contributed by atoms with Gasteiger partial charge in [-0.1, -0.05) is 6.08 Å². The molecule has 0 aliphatic rings. The van der Waals surface area contributed by atoms with Crippen molar-refractivity contribution in [3.05, 3.63) is 12.7 Å². The van der Waals surface area contributed by atoms with Gasteiger partial charge in [0.25, 0.3) is 0 Å². The van der Waals surface area contributed by atoms with Gasteiger partial charge >= 0.3 is 5.43 Å². The lowest BCUT2D eigenvalue weighted by molar-refractivity contribution is 0.233. The van der Waals surface area contributed by atoms with Crippen LogP contribution >= 0.6 is 23.6 Å². The van der Waals surface area contributed by atoms with Crippen LogP contribution < -0.4 is 0 Å². The number of carbonyl (C=O) groups excluding carboxylic acids is 1. The van der Waals surface area contributed by atoms with E-state index >= 15 is 0 Å². The summed E-state index contributed by atoms with van der Waals surface area (Å²) >= 11 is 5.76. The Morgan fingerprint density at radius 2 is 2.62 bits per heavy atom. The summed E-state index contributed by atoms with van der Waals surface area (Å²) in [7, 11) is 0. The third kappa shape index (κ3) is 5.85.